The molecule has 0 radical (unpaired) electrons. The van der Waals surface area contributed by atoms with Crippen LogP contribution in [-0.4, -0.2) is 12.5 Å². The van der Waals surface area contributed by atoms with E-state index in [-0.39, 0.29) is 5.57 Å². The molecule has 0 aliphatic carbocycles. The smallest absolute Gasteiger partial charge is 0.267 e. The fourth-order valence-corrected chi connectivity index (χ4v) is 2.11. The zero-order chi connectivity index (χ0) is 18.2. The molecule has 0 unspecified atom stereocenters. The Hall–Kier alpha value is -3.46. The van der Waals surface area contributed by atoms with Gasteiger partial charge in [0.05, 0.1) is 18.0 Å². The van der Waals surface area contributed by atoms with Crippen molar-refractivity contribution in [2.24, 2.45) is 0 Å². The maximum Gasteiger partial charge on any atom is 0.267 e. The first-order valence-corrected chi connectivity index (χ1v) is 7.80. The number of ether oxygens (including phenoxy) is 1. The number of benzene rings is 2. The Labute approximate surface area is 146 Å². The van der Waals surface area contributed by atoms with Crippen LogP contribution in [0.25, 0.3) is 0 Å². The second kappa shape index (κ2) is 8.41. The van der Waals surface area contributed by atoms with Gasteiger partial charge >= 0.3 is 0 Å². The average molecular weight is 336 g/mol. The van der Waals surface area contributed by atoms with Crippen molar-refractivity contribution in [3.05, 3.63) is 59.8 Å². The third-order valence-electron chi connectivity index (χ3n) is 3.37. The van der Waals surface area contributed by atoms with E-state index in [1.54, 1.807) is 30.3 Å². The molecule has 2 aromatic rings. The molecule has 0 aliphatic rings. The van der Waals surface area contributed by atoms with E-state index >= 15 is 0 Å². The number of aryl methyl sites for hydroxylation is 1. The lowest BCUT2D eigenvalue weighted by Gasteiger charge is -2.08. The number of nitrogens with one attached hydrogen (secondary N) is 2. The third kappa shape index (κ3) is 5.01. The number of nitriles is 1. The van der Waals surface area contributed by atoms with Crippen LogP contribution in [0.15, 0.2) is 54.2 Å². The quantitative estimate of drug-likeness (QED) is 0.426. The van der Waals surface area contributed by atoms with Gasteiger partial charge in [-0.2, -0.15) is 5.26 Å². The van der Waals surface area contributed by atoms with Gasteiger partial charge in [-0.25, -0.2) is 0 Å². The standard InChI is InChI=1S/C19H20N4O2/c1-3-25-16-7-5-15(6-8-16)23-19(24)14(11-20)12-22-18-9-4-13(2)10-17(18)21/h4-10,12,22H,3,21H2,1-2H3,(H,23,24)/b14-12-. The fourth-order valence-electron chi connectivity index (χ4n) is 2.11. The number of hydrogen-bond donors (Lipinski definition) is 3. The van der Waals surface area contributed by atoms with Gasteiger partial charge in [0.15, 0.2) is 0 Å². The Morgan fingerprint density at radius 1 is 1.28 bits per heavy atom. The van der Waals surface area contributed by atoms with Gasteiger partial charge in [0.25, 0.3) is 5.91 Å². The summed E-state index contributed by atoms with van der Waals surface area (Å²) in [6.07, 6.45) is 1.34. The molecule has 2 rings (SSSR count). The SMILES string of the molecule is CCOc1ccc(NC(=O)/C(C#N)=C\Nc2ccc(C)cc2N)cc1. The van der Waals surface area contributed by atoms with Crippen LogP contribution in [-0.2, 0) is 4.79 Å². The van der Waals surface area contributed by atoms with E-state index in [4.69, 9.17) is 10.5 Å². The Kier molecular flexibility index (Phi) is 6.02. The lowest BCUT2D eigenvalue weighted by Crippen LogP contribution is -2.14. The van der Waals surface area contributed by atoms with E-state index in [2.05, 4.69) is 10.6 Å². The van der Waals surface area contributed by atoms with Crippen LogP contribution in [0.2, 0.25) is 0 Å². The van der Waals surface area contributed by atoms with E-state index in [9.17, 15) is 10.1 Å². The molecule has 1 amide bonds. The monoisotopic (exact) mass is 336 g/mol. The molecular formula is C19H20N4O2. The van der Waals surface area contributed by atoms with Gasteiger partial charge in [-0.3, -0.25) is 4.79 Å². The number of rotatable bonds is 6. The highest BCUT2D eigenvalue weighted by Gasteiger charge is 2.10. The molecule has 2 aromatic carbocycles. The van der Waals surface area contributed by atoms with Gasteiger partial charge in [-0.05, 0) is 55.8 Å². The summed E-state index contributed by atoms with van der Waals surface area (Å²) < 4.78 is 5.34. The predicted octanol–water partition coefficient (Wildman–Crippen LogP) is 3.43. The van der Waals surface area contributed by atoms with Crippen LogP contribution >= 0.6 is 0 Å². The molecule has 0 atom stereocenters. The minimum absolute atomic E-state index is 0.0612. The molecule has 6 heteroatoms. The molecule has 0 aromatic heterocycles. The normalized spacial score (nSPS) is 10.7. The lowest BCUT2D eigenvalue weighted by atomic mass is 10.2. The van der Waals surface area contributed by atoms with Crippen LogP contribution in [0.3, 0.4) is 0 Å². The number of hydrogen-bond acceptors (Lipinski definition) is 5. The molecule has 0 saturated carbocycles. The summed E-state index contributed by atoms with van der Waals surface area (Å²) in [5.41, 5.74) is 8.62. The minimum Gasteiger partial charge on any atom is -0.494 e. The highest BCUT2D eigenvalue weighted by molar-refractivity contribution is 6.06. The maximum atomic E-state index is 12.2. The molecule has 0 fully saturated rings. The largest absolute Gasteiger partial charge is 0.494 e. The van der Waals surface area contributed by atoms with Crippen molar-refractivity contribution in [1.82, 2.24) is 0 Å². The topological polar surface area (TPSA) is 100 Å². The maximum absolute atomic E-state index is 12.2. The van der Waals surface area contributed by atoms with E-state index in [0.717, 1.165) is 5.56 Å². The lowest BCUT2D eigenvalue weighted by molar-refractivity contribution is -0.112. The number of amides is 1. The van der Waals surface area contributed by atoms with E-state index < -0.39 is 5.91 Å². The van der Waals surface area contributed by atoms with Gasteiger partial charge < -0.3 is 21.1 Å². The summed E-state index contributed by atoms with van der Waals surface area (Å²) in [5, 5.41) is 14.8. The summed E-state index contributed by atoms with van der Waals surface area (Å²) in [6.45, 7) is 4.40. The molecular weight excluding hydrogens is 316 g/mol. The van der Waals surface area contributed by atoms with Crippen molar-refractivity contribution in [1.29, 1.82) is 5.26 Å². The van der Waals surface area contributed by atoms with Crippen LogP contribution in [0.5, 0.6) is 5.75 Å². The van der Waals surface area contributed by atoms with Crippen LogP contribution in [0.1, 0.15) is 12.5 Å². The van der Waals surface area contributed by atoms with E-state index in [0.29, 0.717) is 29.4 Å². The summed E-state index contributed by atoms with van der Waals surface area (Å²) in [4.78, 5) is 12.2. The average Bonchev–Trinajstić information content (AvgIpc) is 2.59. The van der Waals surface area contributed by atoms with Crippen LogP contribution in [0, 0.1) is 18.3 Å². The van der Waals surface area contributed by atoms with Gasteiger partial charge in [0, 0.05) is 11.9 Å². The Morgan fingerprint density at radius 3 is 2.60 bits per heavy atom. The Balaban J connectivity index is 2.06. The molecule has 25 heavy (non-hydrogen) atoms. The Bertz CT molecular complexity index is 820. The number of nitrogen functional groups attached to an aromatic ring is 1. The molecule has 0 heterocycles. The number of anilines is 3. The first kappa shape index (κ1) is 17.9. The Morgan fingerprint density at radius 2 is 2.00 bits per heavy atom. The number of carbonyl (C=O) groups is 1. The van der Waals surface area contributed by atoms with Crippen molar-refractivity contribution in [2.45, 2.75) is 13.8 Å². The summed E-state index contributed by atoms with van der Waals surface area (Å²) in [7, 11) is 0. The molecule has 4 N–H and O–H groups in total. The van der Waals surface area contributed by atoms with Crippen molar-refractivity contribution in [2.75, 3.05) is 23.0 Å². The van der Waals surface area contributed by atoms with Crippen LogP contribution in [0.4, 0.5) is 17.1 Å². The summed E-state index contributed by atoms with van der Waals surface area (Å²) >= 11 is 0. The van der Waals surface area contributed by atoms with Crippen molar-refractivity contribution >= 4 is 23.0 Å². The van der Waals surface area contributed by atoms with Crippen molar-refractivity contribution < 1.29 is 9.53 Å². The number of carbonyl (C=O) groups excluding carboxylic acids is 1. The zero-order valence-electron chi connectivity index (χ0n) is 14.2. The molecule has 128 valence electrons. The second-order valence-electron chi connectivity index (χ2n) is 5.32. The highest BCUT2D eigenvalue weighted by Crippen LogP contribution is 2.20. The molecule has 0 saturated heterocycles. The molecule has 6 nitrogen and oxygen atoms in total. The van der Waals surface area contributed by atoms with E-state index in [1.165, 1.54) is 6.20 Å². The fraction of sp³-hybridized carbons (Fsp3) is 0.158. The molecule has 0 bridgehead atoms. The number of nitrogens with two attached hydrogens (primary N) is 1. The minimum atomic E-state index is -0.509. The second-order valence-corrected chi connectivity index (χ2v) is 5.32. The molecule has 0 aliphatic heterocycles. The van der Waals surface area contributed by atoms with Gasteiger partial charge in [0.2, 0.25) is 0 Å². The predicted molar refractivity (Wildman–Crippen MR) is 99.2 cm³/mol. The summed E-state index contributed by atoms with van der Waals surface area (Å²) in [6, 6.07) is 14.3. The van der Waals surface area contributed by atoms with E-state index in [1.807, 2.05) is 32.0 Å². The van der Waals surface area contributed by atoms with Gasteiger partial charge in [-0.1, -0.05) is 6.07 Å². The van der Waals surface area contributed by atoms with Crippen molar-refractivity contribution in [3.63, 3.8) is 0 Å². The zero-order valence-corrected chi connectivity index (χ0v) is 14.2. The van der Waals surface area contributed by atoms with Crippen LogP contribution < -0.4 is 21.1 Å². The summed E-state index contributed by atoms with van der Waals surface area (Å²) in [5.74, 6) is 0.206. The first-order valence-electron chi connectivity index (χ1n) is 7.80. The first-order chi connectivity index (χ1) is 12.0. The van der Waals surface area contributed by atoms with Gasteiger partial charge in [0.1, 0.15) is 17.4 Å². The van der Waals surface area contributed by atoms with Crippen molar-refractivity contribution in [3.8, 4) is 11.8 Å². The highest BCUT2D eigenvalue weighted by atomic mass is 16.5. The molecule has 0 spiro atoms. The van der Waals surface area contributed by atoms with Gasteiger partial charge in [-0.15, -0.1) is 0 Å². The number of nitrogens with zero attached hydrogens (tertiary/aromatic N) is 1. The third-order valence-corrected chi connectivity index (χ3v) is 3.37.